The third-order valence-corrected chi connectivity index (χ3v) is 19.4. The summed E-state index contributed by atoms with van der Waals surface area (Å²) in [6, 6.07) is 90.2. The number of aryl methyl sites for hydroxylation is 2. The Balaban J connectivity index is 0.734. The predicted molar refractivity (Wildman–Crippen MR) is 304 cm³/mol. The van der Waals surface area contributed by atoms with Crippen molar-refractivity contribution in [2.45, 2.75) is 33.1 Å². The van der Waals surface area contributed by atoms with Crippen molar-refractivity contribution in [2.75, 3.05) is 0 Å². The molecule has 0 N–H and O–H groups in total. The van der Waals surface area contributed by atoms with Crippen LogP contribution < -0.4 is 20.7 Å². The van der Waals surface area contributed by atoms with Gasteiger partial charge in [0.05, 0.1) is 0 Å². The number of benzene rings is 10. The molecule has 10 aromatic carbocycles. The van der Waals surface area contributed by atoms with Gasteiger partial charge in [-0.3, -0.25) is 0 Å². The molecule has 0 atom stereocenters. The molecule has 0 saturated heterocycles. The van der Waals surface area contributed by atoms with Crippen LogP contribution in [0.4, 0.5) is 0 Å². The van der Waals surface area contributed by atoms with Crippen molar-refractivity contribution in [2.24, 2.45) is 0 Å². The summed E-state index contributed by atoms with van der Waals surface area (Å²) in [6.07, 6.45) is 8.80. The lowest BCUT2D eigenvalue weighted by Gasteiger charge is -2.34. The van der Waals surface area contributed by atoms with Crippen LogP contribution in [0.15, 0.2) is 243 Å². The number of hydrogen-bond acceptors (Lipinski definition) is 0. The van der Waals surface area contributed by atoms with Gasteiger partial charge in [0.1, 0.15) is 0 Å². The second-order valence-electron chi connectivity index (χ2n) is 19.5. The zero-order valence-corrected chi connectivity index (χ0v) is 41.4. The van der Waals surface area contributed by atoms with E-state index in [-0.39, 0.29) is 5.41 Å². The van der Waals surface area contributed by atoms with Gasteiger partial charge in [0.25, 0.3) is 0 Å². The van der Waals surface area contributed by atoms with Crippen molar-refractivity contribution in [3.63, 3.8) is 0 Å². The maximum Gasteiger partial charge on any atom is 0.179 e. The van der Waals surface area contributed by atoms with Crippen LogP contribution in [0.25, 0.3) is 68.8 Å². The largest absolute Gasteiger partial charge is 0.179 e. The molecular formula is C69H56Si. The lowest BCUT2D eigenvalue weighted by atomic mass is 9.81. The Bertz CT molecular complexity index is 3450. The molecule has 0 bridgehead atoms. The van der Waals surface area contributed by atoms with Crippen LogP contribution >= 0.6 is 0 Å². The lowest BCUT2D eigenvalue weighted by Crippen LogP contribution is -2.74. The average molecular weight is 913 g/mol. The van der Waals surface area contributed by atoms with Gasteiger partial charge in [-0.05, 0) is 119 Å². The first-order chi connectivity index (χ1) is 34.2. The Labute approximate surface area is 415 Å². The SMILES string of the molecule is Cc1ccc([Si](c2ccccc2)(c2ccccc2)c2ccc(-c3ccc(C=Cc4ccc(-c5ccc(C=Cc6ccc(-c7ccc8c(c7)C(C)(C)c7cc(C)ccc7-8)cc6)cc5)cc4)cc3)cc2)cc1. The smallest absolute Gasteiger partial charge is 0.0623 e. The molecule has 70 heavy (non-hydrogen) atoms. The number of rotatable bonds is 11. The molecule has 1 heteroatoms. The molecule has 0 amide bonds. The van der Waals surface area contributed by atoms with Gasteiger partial charge >= 0.3 is 0 Å². The van der Waals surface area contributed by atoms with E-state index in [9.17, 15) is 0 Å². The van der Waals surface area contributed by atoms with Gasteiger partial charge in [-0.1, -0.05) is 286 Å². The molecule has 0 spiro atoms. The quantitative estimate of drug-likeness (QED) is 0.0689. The number of fused-ring (bicyclic) bond motifs is 3. The second-order valence-corrected chi connectivity index (χ2v) is 23.3. The first kappa shape index (κ1) is 44.4. The van der Waals surface area contributed by atoms with Crippen molar-refractivity contribution in [1.82, 2.24) is 0 Å². The van der Waals surface area contributed by atoms with Crippen LogP contribution in [0.5, 0.6) is 0 Å². The van der Waals surface area contributed by atoms with Crippen molar-refractivity contribution < 1.29 is 0 Å². The summed E-state index contributed by atoms with van der Waals surface area (Å²) in [5.74, 6) is 0. The predicted octanol–water partition coefficient (Wildman–Crippen LogP) is 15.3. The zero-order valence-electron chi connectivity index (χ0n) is 40.4. The van der Waals surface area contributed by atoms with E-state index in [4.69, 9.17) is 0 Å². The molecule has 0 fully saturated rings. The molecular weight excluding hydrogens is 857 g/mol. The Morgan fingerprint density at radius 2 is 0.586 bits per heavy atom. The lowest BCUT2D eigenvalue weighted by molar-refractivity contribution is 0.660. The van der Waals surface area contributed by atoms with Crippen LogP contribution in [0, 0.1) is 13.8 Å². The molecule has 0 unspecified atom stereocenters. The summed E-state index contributed by atoms with van der Waals surface area (Å²) in [7, 11) is -2.57. The number of hydrogen-bond donors (Lipinski definition) is 0. The molecule has 0 aromatic heterocycles. The fourth-order valence-corrected chi connectivity index (χ4v) is 15.4. The first-order valence-electron chi connectivity index (χ1n) is 24.5. The van der Waals surface area contributed by atoms with E-state index in [1.165, 1.54) is 110 Å². The van der Waals surface area contributed by atoms with Crippen LogP contribution in [-0.2, 0) is 5.41 Å². The Kier molecular flexibility index (Phi) is 11.9. The van der Waals surface area contributed by atoms with Crippen LogP contribution in [-0.4, -0.2) is 8.07 Å². The Morgan fingerprint density at radius 3 is 1.00 bits per heavy atom. The minimum absolute atomic E-state index is 0.00893. The second kappa shape index (κ2) is 18.8. The van der Waals surface area contributed by atoms with Crippen LogP contribution in [0.3, 0.4) is 0 Å². The van der Waals surface area contributed by atoms with Crippen molar-refractivity contribution >= 4 is 53.1 Å². The summed E-state index contributed by atoms with van der Waals surface area (Å²) in [4.78, 5) is 0. The summed E-state index contributed by atoms with van der Waals surface area (Å²) in [5, 5.41) is 5.54. The molecule has 0 aliphatic heterocycles. The average Bonchev–Trinajstić information content (AvgIpc) is 3.63. The monoisotopic (exact) mass is 912 g/mol. The van der Waals surface area contributed by atoms with E-state index in [1.807, 2.05) is 0 Å². The standard InChI is InChI=1S/C69H56Si/c1-49-15-41-63(42-16-49)70(61-11-7-5-8-12-61,62-13-9-6-10-14-62)64-43-38-58(39-44-64)57-34-26-53(27-35-57)19-18-51-22-30-55(31-23-51)56-32-24-52(25-33-56)20-21-54-28-36-59(37-29-54)60-40-46-66-65-45-17-50(2)47-67(65)69(3,4)68(66)48-60/h5-48H,1-4H3. The summed E-state index contributed by atoms with van der Waals surface area (Å²) in [6.45, 7) is 9.06. The van der Waals surface area contributed by atoms with Gasteiger partial charge in [-0.2, -0.15) is 0 Å². The molecule has 0 heterocycles. The maximum atomic E-state index is 2.40. The third kappa shape index (κ3) is 8.55. The molecule has 1 aliphatic rings. The highest BCUT2D eigenvalue weighted by Crippen LogP contribution is 2.50. The molecule has 11 rings (SSSR count). The topological polar surface area (TPSA) is 0 Å². The minimum atomic E-state index is -2.57. The van der Waals surface area contributed by atoms with Gasteiger partial charge in [0, 0.05) is 5.41 Å². The first-order valence-corrected chi connectivity index (χ1v) is 26.5. The van der Waals surface area contributed by atoms with E-state index in [1.54, 1.807) is 0 Å². The summed E-state index contributed by atoms with van der Waals surface area (Å²) >= 11 is 0. The molecule has 10 aromatic rings. The fourth-order valence-electron chi connectivity index (χ4n) is 10.7. The molecule has 0 nitrogen and oxygen atoms in total. The van der Waals surface area contributed by atoms with Gasteiger partial charge < -0.3 is 0 Å². The van der Waals surface area contributed by atoms with E-state index < -0.39 is 8.07 Å². The molecule has 0 saturated carbocycles. The van der Waals surface area contributed by atoms with Gasteiger partial charge in [0.15, 0.2) is 8.07 Å². The van der Waals surface area contributed by atoms with Crippen molar-refractivity contribution in [1.29, 1.82) is 0 Å². The van der Waals surface area contributed by atoms with Crippen molar-refractivity contribution in [3.8, 4) is 44.5 Å². The molecule has 336 valence electrons. The minimum Gasteiger partial charge on any atom is -0.0623 e. The summed E-state index contributed by atoms with van der Waals surface area (Å²) < 4.78 is 0. The van der Waals surface area contributed by atoms with Crippen LogP contribution in [0.2, 0.25) is 0 Å². The Hall–Kier alpha value is -8.10. The van der Waals surface area contributed by atoms with Gasteiger partial charge in [-0.25, -0.2) is 0 Å². The van der Waals surface area contributed by atoms with Crippen molar-refractivity contribution in [3.05, 3.63) is 287 Å². The highest BCUT2D eigenvalue weighted by Gasteiger charge is 2.41. The van der Waals surface area contributed by atoms with Gasteiger partial charge in [-0.15, -0.1) is 0 Å². The van der Waals surface area contributed by atoms with Gasteiger partial charge in [0.2, 0.25) is 0 Å². The normalized spacial score (nSPS) is 12.9. The van der Waals surface area contributed by atoms with E-state index in [0.29, 0.717) is 0 Å². The molecule has 0 radical (unpaired) electrons. The molecule has 1 aliphatic carbocycles. The Morgan fingerprint density at radius 1 is 0.286 bits per heavy atom. The van der Waals surface area contributed by atoms with E-state index in [0.717, 1.165) is 0 Å². The third-order valence-electron chi connectivity index (χ3n) is 14.6. The van der Waals surface area contributed by atoms with E-state index >= 15 is 0 Å². The maximum absolute atomic E-state index is 2.57. The fraction of sp³-hybridized carbons (Fsp3) is 0.0725. The van der Waals surface area contributed by atoms with E-state index in [2.05, 4.69) is 295 Å². The van der Waals surface area contributed by atoms with Crippen LogP contribution in [0.1, 0.15) is 58.4 Å². The highest BCUT2D eigenvalue weighted by molar-refractivity contribution is 7.19. The summed E-state index contributed by atoms with van der Waals surface area (Å²) in [5.41, 5.74) is 20.2. The zero-order chi connectivity index (χ0) is 47.7. The highest BCUT2D eigenvalue weighted by atomic mass is 28.3.